The van der Waals surface area contributed by atoms with Gasteiger partial charge in [0.25, 0.3) is 0 Å². The van der Waals surface area contributed by atoms with Gasteiger partial charge in [0, 0.05) is 0 Å². The minimum Gasteiger partial charge on any atom is -0.385 e. The van der Waals surface area contributed by atoms with Crippen LogP contribution >= 0.6 is 0 Å². The van der Waals surface area contributed by atoms with E-state index >= 15 is 0 Å². The van der Waals surface area contributed by atoms with Gasteiger partial charge in [-0.15, -0.1) is 0 Å². The molecule has 0 aliphatic carbocycles. The van der Waals surface area contributed by atoms with Crippen molar-refractivity contribution in [2.45, 2.75) is 19.3 Å². The van der Waals surface area contributed by atoms with Crippen molar-refractivity contribution in [1.82, 2.24) is 0 Å². The van der Waals surface area contributed by atoms with E-state index in [1.165, 1.54) is 11.1 Å². The van der Waals surface area contributed by atoms with Crippen molar-refractivity contribution in [2.75, 3.05) is 4.90 Å². The maximum atomic E-state index is 6.04. The summed E-state index contributed by atoms with van der Waals surface area (Å²) in [6.45, 7) is 6.21. The summed E-state index contributed by atoms with van der Waals surface area (Å²) in [5.41, 5.74) is 11.0. The van der Waals surface area contributed by atoms with Gasteiger partial charge in [-0.1, -0.05) is 49.9 Å². The van der Waals surface area contributed by atoms with Crippen molar-refractivity contribution in [3.8, 4) is 0 Å². The molecular weight excluding hydrogens is 232 g/mol. The van der Waals surface area contributed by atoms with Gasteiger partial charge in [0.2, 0.25) is 0 Å². The van der Waals surface area contributed by atoms with Crippen LogP contribution < -0.4 is 10.6 Å². The molecule has 96 valence electrons. The Bertz CT molecular complexity index is 631. The highest BCUT2D eigenvalue weighted by Gasteiger charge is 2.24. The van der Waals surface area contributed by atoms with Gasteiger partial charge in [0.15, 0.2) is 0 Å². The lowest BCUT2D eigenvalue weighted by molar-refractivity contribution is 0.769. The van der Waals surface area contributed by atoms with Crippen molar-refractivity contribution >= 4 is 11.4 Å². The maximum absolute atomic E-state index is 6.04. The van der Waals surface area contributed by atoms with Crippen molar-refractivity contribution in [3.05, 3.63) is 72.1 Å². The lowest BCUT2D eigenvalue weighted by atomic mass is 9.94. The second-order valence-corrected chi connectivity index (χ2v) is 5.12. The molecular formula is C17H18N2. The Labute approximate surface area is 114 Å². The van der Waals surface area contributed by atoms with E-state index in [0.717, 1.165) is 17.8 Å². The Morgan fingerprint density at radius 2 is 1.74 bits per heavy atom. The summed E-state index contributed by atoms with van der Waals surface area (Å²) >= 11 is 0. The Hall–Kier alpha value is -2.22. The second kappa shape index (κ2) is 4.47. The smallest absolute Gasteiger partial charge is 0.100 e. The first-order valence-corrected chi connectivity index (χ1v) is 6.60. The third-order valence-electron chi connectivity index (χ3n) is 3.75. The zero-order valence-electron chi connectivity index (χ0n) is 11.1. The standard InChI is InChI=1S/C17H18N2/c1-12-11-14-7-3-5-9-16(14)19(13(2)18)17-10-6-4-8-15(12)17/h3-10,12H,2,11,18H2,1H3/t12-/m0/s1. The number of rotatable bonds is 1. The molecule has 2 nitrogen and oxygen atoms in total. The van der Waals surface area contributed by atoms with E-state index in [2.05, 4.69) is 60.9 Å². The molecule has 0 radical (unpaired) electrons. The first-order valence-electron chi connectivity index (χ1n) is 6.60. The van der Waals surface area contributed by atoms with Crippen LogP contribution in [0.1, 0.15) is 24.0 Å². The molecule has 0 saturated heterocycles. The Kier molecular flexibility index (Phi) is 2.79. The van der Waals surface area contributed by atoms with Crippen molar-refractivity contribution in [1.29, 1.82) is 0 Å². The molecule has 2 heteroatoms. The first kappa shape index (κ1) is 11.8. The number of para-hydroxylation sites is 2. The predicted molar refractivity (Wildman–Crippen MR) is 80.5 cm³/mol. The zero-order chi connectivity index (χ0) is 13.4. The number of benzene rings is 2. The van der Waals surface area contributed by atoms with Gasteiger partial charge in [-0.25, -0.2) is 0 Å². The van der Waals surface area contributed by atoms with E-state index in [0.29, 0.717) is 11.7 Å². The first-order chi connectivity index (χ1) is 9.18. The van der Waals surface area contributed by atoms with Gasteiger partial charge in [-0.05, 0) is 35.6 Å². The zero-order valence-corrected chi connectivity index (χ0v) is 11.1. The maximum Gasteiger partial charge on any atom is 0.100 e. The molecule has 19 heavy (non-hydrogen) atoms. The van der Waals surface area contributed by atoms with Crippen LogP contribution in [0.2, 0.25) is 0 Å². The van der Waals surface area contributed by atoms with Crippen molar-refractivity contribution in [2.24, 2.45) is 5.73 Å². The van der Waals surface area contributed by atoms with Crippen molar-refractivity contribution < 1.29 is 0 Å². The SMILES string of the molecule is C=C(N)N1c2ccccc2C[C@H](C)c2ccccc21. The van der Waals surface area contributed by atoms with Crippen LogP contribution in [0.3, 0.4) is 0 Å². The van der Waals surface area contributed by atoms with Gasteiger partial charge in [-0.2, -0.15) is 0 Å². The normalized spacial score (nSPS) is 17.3. The van der Waals surface area contributed by atoms with Crippen LogP contribution in [0.5, 0.6) is 0 Å². The molecule has 2 aromatic rings. The molecule has 0 aromatic heterocycles. The fourth-order valence-electron chi connectivity index (χ4n) is 2.89. The number of nitrogens with zero attached hydrogens (tertiary/aromatic N) is 1. The van der Waals surface area contributed by atoms with Crippen LogP contribution in [-0.4, -0.2) is 0 Å². The third-order valence-corrected chi connectivity index (χ3v) is 3.75. The number of nitrogens with two attached hydrogens (primary N) is 1. The van der Waals surface area contributed by atoms with Crippen LogP contribution in [0, 0.1) is 0 Å². The number of hydrogen-bond acceptors (Lipinski definition) is 2. The summed E-state index contributed by atoms with van der Waals surface area (Å²) < 4.78 is 0. The van der Waals surface area contributed by atoms with E-state index < -0.39 is 0 Å². The molecule has 0 unspecified atom stereocenters. The van der Waals surface area contributed by atoms with E-state index in [9.17, 15) is 0 Å². The summed E-state index contributed by atoms with van der Waals surface area (Å²) in [5, 5.41) is 0. The van der Waals surface area contributed by atoms with Crippen LogP contribution in [0.25, 0.3) is 0 Å². The molecule has 0 saturated carbocycles. The Morgan fingerprint density at radius 1 is 1.11 bits per heavy atom. The fourth-order valence-corrected chi connectivity index (χ4v) is 2.89. The molecule has 0 fully saturated rings. The second-order valence-electron chi connectivity index (χ2n) is 5.12. The fraction of sp³-hybridized carbons (Fsp3) is 0.176. The molecule has 1 aliphatic heterocycles. The van der Waals surface area contributed by atoms with Gasteiger partial charge in [0.1, 0.15) is 5.82 Å². The number of anilines is 2. The largest absolute Gasteiger partial charge is 0.385 e. The minimum absolute atomic E-state index is 0.474. The van der Waals surface area contributed by atoms with Gasteiger partial charge in [0.05, 0.1) is 11.4 Å². The number of fused-ring (bicyclic) bond motifs is 2. The van der Waals surface area contributed by atoms with Gasteiger partial charge in [-0.3, -0.25) is 4.90 Å². The summed E-state index contributed by atoms with van der Waals surface area (Å²) in [5.74, 6) is 1.04. The van der Waals surface area contributed by atoms with E-state index in [4.69, 9.17) is 5.73 Å². The highest BCUT2D eigenvalue weighted by Crippen LogP contribution is 2.41. The Morgan fingerprint density at radius 3 is 2.47 bits per heavy atom. The quantitative estimate of drug-likeness (QED) is 0.831. The molecule has 1 heterocycles. The summed E-state index contributed by atoms with van der Waals surface area (Å²) in [6.07, 6.45) is 1.02. The van der Waals surface area contributed by atoms with Crippen LogP contribution in [0.15, 0.2) is 60.9 Å². The lowest BCUT2D eigenvalue weighted by Crippen LogP contribution is -2.22. The molecule has 3 rings (SSSR count). The third kappa shape index (κ3) is 1.89. The highest BCUT2D eigenvalue weighted by atomic mass is 15.2. The van der Waals surface area contributed by atoms with E-state index in [1.54, 1.807) is 0 Å². The highest BCUT2D eigenvalue weighted by molar-refractivity contribution is 5.75. The summed E-state index contributed by atoms with van der Waals surface area (Å²) in [6, 6.07) is 16.9. The van der Waals surface area contributed by atoms with Crippen LogP contribution in [0.4, 0.5) is 11.4 Å². The molecule has 2 N–H and O–H groups in total. The van der Waals surface area contributed by atoms with Crippen LogP contribution in [-0.2, 0) is 6.42 Å². The predicted octanol–water partition coefficient (Wildman–Crippen LogP) is 3.91. The average molecular weight is 250 g/mol. The molecule has 0 bridgehead atoms. The van der Waals surface area contributed by atoms with Gasteiger partial charge < -0.3 is 5.73 Å². The van der Waals surface area contributed by atoms with E-state index in [-0.39, 0.29) is 0 Å². The summed E-state index contributed by atoms with van der Waals surface area (Å²) in [4.78, 5) is 2.06. The van der Waals surface area contributed by atoms with Gasteiger partial charge >= 0.3 is 0 Å². The van der Waals surface area contributed by atoms with Crippen molar-refractivity contribution in [3.63, 3.8) is 0 Å². The number of hydrogen-bond donors (Lipinski definition) is 1. The summed E-state index contributed by atoms with van der Waals surface area (Å²) in [7, 11) is 0. The monoisotopic (exact) mass is 250 g/mol. The molecule has 0 amide bonds. The minimum atomic E-state index is 0.474. The molecule has 0 spiro atoms. The average Bonchev–Trinajstić information content (AvgIpc) is 2.53. The van der Waals surface area contributed by atoms with E-state index in [1.807, 2.05) is 6.07 Å². The molecule has 1 atom stereocenters. The molecule has 1 aliphatic rings. The molecule has 2 aromatic carbocycles. The topological polar surface area (TPSA) is 29.3 Å². The Balaban J connectivity index is 2.28. The lowest BCUT2D eigenvalue weighted by Gasteiger charge is -2.26.